The number of amides is 1. The Morgan fingerprint density at radius 3 is 2.44 bits per heavy atom. The Hall–Kier alpha value is -2.34. The molecule has 0 saturated carbocycles. The van der Waals surface area contributed by atoms with Gasteiger partial charge in [-0.3, -0.25) is 9.69 Å². The van der Waals surface area contributed by atoms with E-state index in [9.17, 15) is 4.79 Å². The van der Waals surface area contributed by atoms with E-state index in [1.807, 2.05) is 49.2 Å². The summed E-state index contributed by atoms with van der Waals surface area (Å²) in [5.74, 6) is 0.994. The molecule has 6 heteroatoms. The standard InChI is InChI=1S/C19H26N4O2/c1-4-21(3)17-7-5-16(6-8-17)19(24)23-11-9-22(10-12-23)14-18-13-15(2)20-25-18/h5-8,13H,4,9-12,14H2,1-3H3. The third-order valence-electron chi connectivity index (χ3n) is 4.75. The van der Waals surface area contributed by atoms with Gasteiger partial charge in [0.05, 0.1) is 12.2 Å². The third kappa shape index (κ3) is 4.20. The molecule has 0 unspecified atom stereocenters. The van der Waals surface area contributed by atoms with Crippen LogP contribution in [0.1, 0.15) is 28.7 Å². The lowest BCUT2D eigenvalue weighted by atomic mass is 10.1. The van der Waals surface area contributed by atoms with Crippen molar-refractivity contribution in [3.05, 3.63) is 47.3 Å². The number of rotatable bonds is 5. The molecule has 3 rings (SSSR count). The molecule has 1 aromatic heterocycles. The normalized spacial score (nSPS) is 15.4. The SMILES string of the molecule is CCN(C)c1ccc(C(=O)N2CCN(Cc3cc(C)no3)CC2)cc1. The molecule has 0 spiro atoms. The molecule has 1 aliphatic heterocycles. The molecular weight excluding hydrogens is 316 g/mol. The number of nitrogens with zero attached hydrogens (tertiary/aromatic N) is 4. The van der Waals surface area contributed by atoms with Crippen molar-refractivity contribution in [2.45, 2.75) is 20.4 Å². The first-order valence-electron chi connectivity index (χ1n) is 8.82. The molecule has 0 bridgehead atoms. The fraction of sp³-hybridized carbons (Fsp3) is 0.474. The van der Waals surface area contributed by atoms with Gasteiger partial charge in [-0.25, -0.2) is 0 Å². The molecule has 1 amide bonds. The van der Waals surface area contributed by atoms with Crippen LogP contribution >= 0.6 is 0 Å². The largest absolute Gasteiger partial charge is 0.375 e. The summed E-state index contributed by atoms with van der Waals surface area (Å²) in [5, 5.41) is 3.92. The van der Waals surface area contributed by atoms with E-state index >= 15 is 0 Å². The van der Waals surface area contributed by atoms with Crippen molar-refractivity contribution in [3.63, 3.8) is 0 Å². The van der Waals surface area contributed by atoms with Crippen LogP contribution in [0.15, 0.2) is 34.9 Å². The number of benzene rings is 1. The Balaban J connectivity index is 1.54. The molecule has 1 fully saturated rings. The summed E-state index contributed by atoms with van der Waals surface area (Å²) in [5.41, 5.74) is 2.79. The van der Waals surface area contributed by atoms with Crippen LogP contribution in [-0.4, -0.2) is 60.6 Å². The molecule has 2 heterocycles. The van der Waals surface area contributed by atoms with Crippen LogP contribution in [0.3, 0.4) is 0 Å². The average Bonchev–Trinajstić information content (AvgIpc) is 3.06. The van der Waals surface area contributed by atoms with Gasteiger partial charge in [-0.2, -0.15) is 0 Å². The lowest BCUT2D eigenvalue weighted by molar-refractivity contribution is 0.0617. The minimum absolute atomic E-state index is 0.112. The molecule has 1 saturated heterocycles. The topological polar surface area (TPSA) is 52.8 Å². The third-order valence-corrected chi connectivity index (χ3v) is 4.75. The van der Waals surface area contributed by atoms with Crippen molar-refractivity contribution in [2.75, 3.05) is 44.7 Å². The second-order valence-corrected chi connectivity index (χ2v) is 6.56. The van der Waals surface area contributed by atoms with Crippen LogP contribution in [0.4, 0.5) is 5.69 Å². The second kappa shape index (κ2) is 7.70. The maximum atomic E-state index is 12.7. The minimum atomic E-state index is 0.112. The first-order chi connectivity index (χ1) is 12.1. The zero-order chi connectivity index (χ0) is 17.8. The van der Waals surface area contributed by atoms with Gasteiger partial charge in [-0.1, -0.05) is 5.16 Å². The average molecular weight is 342 g/mol. The number of aryl methyl sites for hydroxylation is 1. The van der Waals surface area contributed by atoms with Gasteiger partial charge in [0.25, 0.3) is 5.91 Å². The van der Waals surface area contributed by atoms with Gasteiger partial charge in [-0.15, -0.1) is 0 Å². The minimum Gasteiger partial charge on any atom is -0.375 e. The molecule has 0 radical (unpaired) electrons. The van der Waals surface area contributed by atoms with Crippen LogP contribution in [0.5, 0.6) is 0 Å². The zero-order valence-electron chi connectivity index (χ0n) is 15.2. The summed E-state index contributed by atoms with van der Waals surface area (Å²) in [4.78, 5) is 19.1. The van der Waals surface area contributed by atoms with Crippen molar-refractivity contribution >= 4 is 11.6 Å². The lowest BCUT2D eigenvalue weighted by Crippen LogP contribution is -2.48. The molecule has 0 atom stereocenters. The first kappa shape index (κ1) is 17.5. The van der Waals surface area contributed by atoms with Crippen LogP contribution < -0.4 is 4.90 Å². The lowest BCUT2D eigenvalue weighted by Gasteiger charge is -2.34. The fourth-order valence-corrected chi connectivity index (χ4v) is 3.04. The van der Waals surface area contributed by atoms with Crippen molar-refractivity contribution in [2.24, 2.45) is 0 Å². The number of carbonyl (C=O) groups is 1. The monoisotopic (exact) mass is 342 g/mol. The van der Waals surface area contributed by atoms with Crippen LogP contribution in [0, 0.1) is 6.92 Å². The number of piperazine rings is 1. The summed E-state index contributed by atoms with van der Waals surface area (Å²) in [6, 6.07) is 9.84. The Morgan fingerprint density at radius 2 is 1.88 bits per heavy atom. The Kier molecular flexibility index (Phi) is 5.38. The predicted molar refractivity (Wildman–Crippen MR) is 97.8 cm³/mol. The van der Waals surface area contributed by atoms with E-state index in [-0.39, 0.29) is 5.91 Å². The van der Waals surface area contributed by atoms with E-state index in [0.717, 1.165) is 62.0 Å². The number of carbonyl (C=O) groups excluding carboxylic acids is 1. The maximum Gasteiger partial charge on any atom is 0.253 e. The van der Waals surface area contributed by atoms with E-state index in [2.05, 4.69) is 21.9 Å². The second-order valence-electron chi connectivity index (χ2n) is 6.56. The number of anilines is 1. The van der Waals surface area contributed by atoms with Gasteiger partial charge in [0.1, 0.15) is 0 Å². The Morgan fingerprint density at radius 1 is 1.20 bits per heavy atom. The summed E-state index contributed by atoms with van der Waals surface area (Å²) in [7, 11) is 2.05. The Labute approximate surface area is 149 Å². The van der Waals surface area contributed by atoms with Crippen molar-refractivity contribution in [1.29, 1.82) is 0 Å². The molecule has 0 aliphatic carbocycles. The van der Waals surface area contributed by atoms with Gasteiger partial charge < -0.3 is 14.3 Å². The molecule has 0 N–H and O–H groups in total. The highest BCUT2D eigenvalue weighted by Gasteiger charge is 2.23. The van der Waals surface area contributed by atoms with E-state index in [1.165, 1.54) is 0 Å². The molecule has 6 nitrogen and oxygen atoms in total. The van der Waals surface area contributed by atoms with Gasteiger partial charge in [-0.05, 0) is 38.1 Å². The molecular formula is C19H26N4O2. The van der Waals surface area contributed by atoms with Crippen LogP contribution in [0.2, 0.25) is 0 Å². The van der Waals surface area contributed by atoms with E-state index in [4.69, 9.17) is 4.52 Å². The van der Waals surface area contributed by atoms with Crippen molar-refractivity contribution in [3.8, 4) is 0 Å². The predicted octanol–water partition coefficient (Wildman–Crippen LogP) is 2.40. The van der Waals surface area contributed by atoms with E-state index < -0.39 is 0 Å². The van der Waals surface area contributed by atoms with Crippen LogP contribution in [0.25, 0.3) is 0 Å². The highest BCUT2D eigenvalue weighted by atomic mass is 16.5. The quantitative estimate of drug-likeness (QED) is 0.835. The summed E-state index contributed by atoms with van der Waals surface area (Å²) in [6.45, 7) is 8.90. The van der Waals surface area contributed by atoms with Crippen molar-refractivity contribution < 1.29 is 9.32 Å². The molecule has 1 aromatic carbocycles. The Bertz CT molecular complexity index is 702. The van der Waals surface area contributed by atoms with E-state index in [1.54, 1.807) is 0 Å². The number of hydrogen-bond acceptors (Lipinski definition) is 5. The van der Waals surface area contributed by atoms with Crippen molar-refractivity contribution in [1.82, 2.24) is 15.0 Å². The summed E-state index contributed by atoms with van der Waals surface area (Å²) >= 11 is 0. The van der Waals surface area contributed by atoms with Crippen LogP contribution in [-0.2, 0) is 6.54 Å². The van der Waals surface area contributed by atoms with Gasteiger partial charge in [0.15, 0.2) is 5.76 Å². The molecule has 2 aromatic rings. The molecule has 134 valence electrons. The maximum absolute atomic E-state index is 12.7. The summed E-state index contributed by atoms with van der Waals surface area (Å²) in [6.07, 6.45) is 0. The first-order valence-corrected chi connectivity index (χ1v) is 8.82. The van der Waals surface area contributed by atoms with Gasteiger partial charge >= 0.3 is 0 Å². The highest BCUT2D eigenvalue weighted by molar-refractivity contribution is 5.94. The number of aromatic nitrogens is 1. The molecule has 25 heavy (non-hydrogen) atoms. The van der Waals surface area contributed by atoms with Gasteiger partial charge in [0.2, 0.25) is 0 Å². The molecule has 1 aliphatic rings. The summed E-state index contributed by atoms with van der Waals surface area (Å²) < 4.78 is 5.27. The highest BCUT2D eigenvalue weighted by Crippen LogP contribution is 2.16. The smallest absolute Gasteiger partial charge is 0.253 e. The zero-order valence-corrected chi connectivity index (χ0v) is 15.2. The fourth-order valence-electron chi connectivity index (χ4n) is 3.04. The van der Waals surface area contributed by atoms with E-state index in [0.29, 0.717) is 0 Å². The number of hydrogen-bond donors (Lipinski definition) is 0. The van der Waals surface area contributed by atoms with Gasteiger partial charge in [0, 0.05) is 57.1 Å².